The van der Waals surface area contributed by atoms with E-state index < -0.39 is 0 Å². The molecule has 0 saturated carbocycles. The molecule has 0 aliphatic carbocycles. The molecule has 1 amide bonds. The van der Waals surface area contributed by atoms with Gasteiger partial charge in [-0.15, -0.1) is 0 Å². The molecule has 1 atom stereocenters. The predicted octanol–water partition coefficient (Wildman–Crippen LogP) is 4.21. The monoisotopic (exact) mass is 436 g/mol. The Balaban J connectivity index is 1.41. The van der Waals surface area contributed by atoms with E-state index in [0.717, 1.165) is 16.8 Å². The minimum absolute atomic E-state index is 0.122. The Morgan fingerprint density at radius 1 is 1.25 bits per heavy atom. The second kappa shape index (κ2) is 9.13. The SMILES string of the molecule is C=C1O[C@@H](CNC(C)=O)CN1c1ccc(-c2ccc(CNc3cc(C)no3)cc2)c(F)c1. The molecule has 8 heteroatoms. The van der Waals surface area contributed by atoms with E-state index in [-0.39, 0.29) is 17.8 Å². The molecule has 1 fully saturated rings. The van der Waals surface area contributed by atoms with Gasteiger partial charge in [0.1, 0.15) is 11.9 Å². The lowest BCUT2D eigenvalue weighted by atomic mass is 10.0. The normalized spacial score (nSPS) is 15.5. The number of ether oxygens (including phenoxy) is 1. The van der Waals surface area contributed by atoms with Crippen molar-refractivity contribution in [2.75, 3.05) is 23.3 Å². The van der Waals surface area contributed by atoms with Crippen LogP contribution in [-0.4, -0.2) is 30.3 Å². The fourth-order valence-electron chi connectivity index (χ4n) is 3.56. The van der Waals surface area contributed by atoms with Crippen molar-refractivity contribution in [2.24, 2.45) is 0 Å². The molecule has 7 nitrogen and oxygen atoms in total. The number of hydrogen-bond donors (Lipinski definition) is 2. The number of carbonyl (C=O) groups is 1. The molecule has 0 unspecified atom stereocenters. The van der Waals surface area contributed by atoms with Gasteiger partial charge in [0.2, 0.25) is 11.8 Å². The second-order valence-electron chi connectivity index (χ2n) is 7.73. The fourth-order valence-corrected chi connectivity index (χ4v) is 3.56. The van der Waals surface area contributed by atoms with Crippen molar-refractivity contribution >= 4 is 17.5 Å². The lowest BCUT2D eigenvalue weighted by Crippen LogP contribution is -2.33. The first-order valence-corrected chi connectivity index (χ1v) is 10.3. The van der Waals surface area contributed by atoms with E-state index in [1.165, 1.54) is 13.0 Å². The Morgan fingerprint density at radius 2 is 2.03 bits per heavy atom. The van der Waals surface area contributed by atoms with Crippen LogP contribution in [0, 0.1) is 12.7 Å². The second-order valence-corrected chi connectivity index (χ2v) is 7.73. The van der Waals surface area contributed by atoms with Crippen LogP contribution in [0.1, 0.15) is 18.2 Å². The van der Waals surface area contributed by atoms with Gasteiger partial charge in [-0.1, -0.05) is 29.4 Å². The molecule has 1 aliphatic heterocycles. The zero-order chi connectivity index (χ0) is 22.7. The summed E-state index contributed by atoms with van der Waals surface area (Å²) in [6.07, 6.45) is -0.226. The van der Waals surface area contributed by atoms with E-state index in [9.17, 15) is 9.18 Å². The van der Waals surface area contributed by atoms with Crippen LogP contribution in [0.25, 0.3) is 11.1 Å². The third-order valence-corrected chi connectivity index (χ3v) is 5.19. The van der Waals surface area contributed by atoms with Gasteiger partial charge in [-0.2, -0.15) is 0 Å². The van der Waals surface area contributed by atoms with Gasteiger partial charge in [0, 0.05) is 30.8 Å². The third kappa shape index (κ3) is 4.91. The quantitative estimate of drug-likeness (QED) is 0.578. The molecule has 0 spiro atoms. The van der Waals surface area contributed by atoms with E-state index in [0.29, 0.717) is 42.7 Å². The van der Waals surface area contributed by atoms with Crippen molar-refractivity contribution in [3.63, 3.8) is 0 Å². The fraction of sp³-hybridized carbons (Fsp3) is 0.250. The van der Waals surface area contributed by atoms with Gasteiger partial charge in [-0.3, -0.25) is 4.79 Å². The summed E-state index contributed by atoms with van der Waals surface area (Å²) in [5.41, 5.74) is 3.81. The van der Waals surface area contributed by atoms with Gasteiger partial charge in [0.15, 0.2) is 5.88 Å². The zero-order valence-corrected chi connectivity index (χ0v) is 18.0. The summed E-state index contributed by atoms with van der Waals surface area (Å²) in [6, 6.07) is 14.6. The van der Waals surface area contributed by atoms with Crippen LogP contribution < -0.4 is 15.5 Å². The molecule has 2 heterocycles. The third-order valence-electron chi connectivity index (χ3n) is 5.19. The number of carbonyl (C=O) groups excluding carboxylic acids is 1. The van der Waals surface area contributed by atoms with Crippen molar-refractivity contribution in [2.45, 2.75) is 26.5 Å². The molecular weight excluding hydrogens is 411 g/mol. The highest BCUT2D eigenvalue weighted by molar-refractivity contribution is 5.73. The number of aryl methyl sites for hydroxylation is 1. The number of aromatic nitrogens is 1. The summed E-state index contributed by atoms with van der Waals surface area (Å²) >= 11 is 0. The Kier molecular flexibility index (Phi) is 6.11. The Hall–Kier alpha value is -3.81. The number of benzene rings is 2. The molecular formula is C24H25FN4O3. The van der Waals surface area contributed by atoms with E-state index >= 15 is 0 Å². The molecule has 1 saturated heterocycles. The number of hydrogen-bond acceptors (Lipinski definition) is 6. The molecule has 2 aromatic carbocycles. The maximum absolute atomic E-state index is 15.0. The van der Waals surface area contributed by atoms with Crippen LogP contribution in [0.4, 0.5) is 16.0 Å². The summed E-state index contributed by atoms with van der Waals surface area (Å²) in [7, 11) is 0. The summed E-state index contributed by atoms with van der Waals surface area (Å²) in [4.78, 5) is 12.9. The number of nitrogens with zero attached hydrogens (tertiary/aromatic N) is 2. The first-order valence-electron chi connectivity index (χ1n) is 10.3. The summed E-state index contributed by atoms with van der Waals surface area (Å²) in [5, 5.41) is 9.73. The van der Waals surface area contributed by atoms with Crippen LogP contribution >= 0.6 is 0 Å². The van der Waals surface area contributed by atoms with E-state index in [1.54, 1.807) is 11.0 Å². The minimum atomic E-state index is -0.330. The first kappa shape index (κ1) is 21.4. The van der Waals surface area contributed by atoms with Gasteiger partial charge in [-0.25, -0.2) is 4.39 Å². The van der Waals surface area contributed by atoms with E-state index in [4.69, 9.17) is 9.26 Å². The van der Waals surface area contributed by atoms with Crippen LogP contribution in [0.5, 0.6) is 0 Å². The van der Waals surface area contributed by atoms with Crippen LogP contribution in [0.2, 0.25) is 0 Å². The summed E-state index contributed by atoms with van der Waals surface area (Å²) in [5.74, 6) is 0.595. The average molecular weight is 436 g/mol. The Bertz CT molecular complexity index is 1130. The van der Waals surface area contributed by atoms with Crippen molar-refractivity contribution in [3.05, 3.63) is 78.1 Å². The van der Waals surface area contributed by atoms with Crippen molar-refractivity contribution in [3.8, 4) is 11.1 Å². The molecule has 32 heavy (non-hydrogen) atoms. The van der Waals surface area contributed by atoms with Gasteiger partial charge in [0.05, 0.1) is 18.8 Å². The van der Waals surface area contributed by atoms with Crippen molar-refractivity contribution in [1.29, 1.82) is 0 Å². The van der Waals surface area contributed by atoms with Crippen molar-refractivity contribution < 1.29 is 18.4 Å². The molecule has 3 aromatic rings. The standard InChI is InChI=1S/C24H25FN4O3/c1-15-10-24(32-28-15)27-12-18-4-6-19(7-5-18)22-9-8-20(11-23(22)25)29-14-21(31-17(29)3)13-26-16(2)30/h4-11,21,27H,3,12-14H2,1-2H3,(H,26,30)/t21-/m0/s1. The average Bonchev–Trinajstić information content (AvgIpc) is 3.36. The lowest BCUT2D eigenvalue weighted by molar-refractivity contribution is -0.119. The summed E-state index contributed by atoms with van der Waals surface area (Å²) < 4.78 is 25.8. The molecule has 2 N–H and O–H groups in total. The summed E-state index contributed by atoms with van der Waals surface area (Å²) in [6.45, 7) is 8.66. The van der Waals surface area contributed by atoms with Crippen LogP contribution in [0.15, 0.2) is 65.5 Å². The van der Waals surface area contributed by atoms with Gasteiger partial charge in [0.25, 0.3) is 0 Å². The zero-order valence-electron chi connectivity index (χ0n) is 18.0. The minimum Gasteiger partial charge on any atom is -0.472 e. The van der Waals surface area contributed by atoms with Gasteiger partial charge in [-0.05, 0) is 42.8 Å². The maximum atomic E-state index is 15.0. The van der Waals surface area contributed by atoms with Crippen LogP contribution in [0.3, 0.4) is 0 Å². The number of anilines is 2. The van der Waals surface area contributed by atoms with Gasteiger partial charge < -0.3 is 24.8 Å². The number of amides is 1. The van der Waals surface area contributed by atoms with Crippen LogP contribution in [-0.2, 0) is 16.1 Å². The lowest BCUT2D eigenvalue weighted by Gasteiger charge is -2.17. The van der Waals surface area contributed by atoms with E-state index in [1.807, 2.05) is 43.3 Å². The number of halogens is 1. The molecule has 1 aromatic heterocycles. The topological polar surface area (TPSA) is 79.6 Å². The Morgan fingerprint density at radius 3 is 2.69 bits per heavy atom. The van der Waals surface area contributed by atoms with Gasteiger partial charge >= 0.3 is 0 Å². The predicted molar refractivity (Wildman–Crippen MR) is 120 cm³/mol. The molecule has 166 valence electrons. The number of nitrogens with one attached hydrogen (secondary N) is 2. The number of rotatable bonds is 7. The highest BCUT2D eigenvalue weighted by atomic mass is 19.1. The first-order chi connectivity index (χ1) is 15.4. The van der Waals surface area contributed by atoms with Crippen molar-refractivity contribution in [1.82, 2.24) is 10.5 Å². The Labute approximate surface area is 185 Å². The smallest absolute Gasteiger partial charge is 0.225 e. The highest BCUT2D eigenvalue weighted by Gasteiger charge is 2.28. The molecule has 4 rings (SSSR count). The molecule has 0 bridgehead atoms. The maximum Gasteiger partial charge on any atom is 0.225 e. The largest absolute Gasteiger partial charge is 0.472 e. The highest BCUT2D eigenvalue weighted by Crippen LogP contribution is 2.31. The molecule has 1 aliphatic rings. The molecule has 0 radical (unpaired) electrons. The van der Waals surface area contributed by atoms with E-state index in [2.05, 4.69) is 22.4 Å².